The monoisotopic (exact) mass is 234 g/mol. The van der Waals surface area contributed by atoms with Gasteiger partial charge in [-0.05, 0) is 26.0 Å². The molecule has 16 heavy (non-hydrogen) atoms. The van der Waals surface area contributed by atoms with Gasteiger partial charge in [0, 0.05) is 10.6 Å². The summed E-state index contributed by atoms with van der Waals surface area (Å²) in [6, 6.07) is 5.60. The number of nitrogens with zero attached hydrogens (tertiary/aromatic N) is 2. The number of aromatic carboxylic acids is 1. The van der Waals surface area contributed by atoms with Crippen molar-refractivity contribution < 1.29 is 9.90 Å². The highest BCUT2D eigenvalue weighted by atomic mass is 32.1. The van der Waals surface area contributed by atoms with Gasteiger partial charge in [0.1, 0.15) is 5.01 Å². The van der Waals surface area contributed by atoms with Crippen LogP contribution in [0.2, 0.25) is 0 Å². The lowest BCUT2D eigenvalue weighted by molar-refractivity contribution is 0.0690. The van der Waals surface area contributed by atoms with E-state index in [4.69, 9.17) is 5.11 Å². The molecule has 0 spiro atoms. The van der Waals surface area contributed by atoms with Gasteiger partial charge in [-0.25, -0.2) is 9.78 Å². The molecule has 5 heteroatoms. The largest absolute Gasteiger partial charge is 0.476 e. The standard InChI is InChI=1S/C11H10N2O2S/c1-6-4-3-5-8(12-6)10-13-9(11(14)15)7(2)16-10/h3-5H,1-2H3,(H,14,15). The molecule has 0 radical (unpaired) electrons. The summed E-state index contributed by atoms with van der Waals surface area (Å²) in [4.78, 5) is 19.9. The summed E-state index contributed by atoms with van der Waals surface area (Å²) < 4.78 is 0. The van der Waals surface area contributed by atoms with Gasteiger partial charge in [0.05, 0.1) is 5.69 Å². The molecule has 2 rings (SSSR count). The number of carboxylic acids is 1. The van der Waals surface area contributed by atoms with E-state index in [0.717, 1.165) is 11.4 Å². The average Bonchev–Trinajstić information content (AvgIpc) is 2.60. The SMILES string of the molecule is Cc1cccc(-c2nc(C(=O)O)c(C)s2)n1. The second kappa shape index (κ2) is 4.02. The highest BCUT2D eigenvalue weighted by molar-refractivity contribution is 7.15. The third-order valence-electron chi connectivity index (χ3n) is 2.11. The number of carbonyl (C=O) groups is 1. The van der Waals surface area contributed by atoms with Gasteiger partial charge in [0.2, 0.25) is 0 Å². The number of pyridine rings is 1. The first-order chi connectivity index (χ1) is 7.58. The van der Waals surface area contributed by atoms with Crippen LogP contribution in [0.15, 0.2) is 18.2 Å². The molecule has 0 aliphatic carbocycles. The summed E-state index contributed by atoms with van der Waals surface area (Å²) >= 11 is 1.35. The van der Waals surface area contributed by atoms with Gasteiger partial charge < -0.3 is 5.11 Å². The molecular formula is C11H10N2O2S. The van der Waals surface area contributed by atoms with Crippen LogP contribution in [-0.2, 0) is 0 Å². The van der Waals surface area contributed by atoms with Crippen LogP contribution in [-0.4, -0.2) is 21.0 Å². The third kappa shape index (κ3) is 1.94. The first kappa shape index (κ1) is 10.8. The van der Waals surface area contributed by atoms with Crippen molar-refractivity contribution in [3.63, 3.8) is 0 Å². The number of thiazole rings is 1. The Bertz CT molecular complexity index is 549. The Morgan fingerprint density at radius 1 is 1.31 bits per heavy atom. The van der Waals surface area contributed by atoms with Crippen LogP contribution in [0.3, 0.4) is 0 Å². The van der Waals surface area contributed by atoms with Gasteiger partial charge >= 0.3 is 5.97 Å². The second-order valence-corrected chi connectivity index (χ2v) is 4.60. The second-order valence-electron chi connectivity index (χ2n) is 3.39. The van der Waals surface area contributed by atoms with E-state index < -0.39 is 5.97 Å². The lowest BCUT2D eigenvalue weighted by Gasteiger charge is -1.95. The lowest BCUT2D eigenvalue weighted by Crippen LogP contribution is -1.98. The summed E-state index contributed by atoms with van der Waals surface area (Å²) in [5.41, 5.74) is 1.73. The van der Waals surface area contributed by atoms with E-state index >= 15 is 0 Å². The fourth-order valence-electron chi connectivity index (χ4n) is 1.37. The van der Waals surface area contributed by atoms with E-state index in [1.165, 1.54) is 11.3 Å². The summed E-state index contributed by atoms with van der Waals surface area (Å²) in [7, 11) is 0. The average molecular weight is 234 g/mol. The molecule has 0 aromatic carbocycles. The van der Waals surface area contributed by atoms with Crippen molar-refractivity contribution in [1.82, 2.24) is 9.97 Å². The third-order valence-corrected chi connectivity index (χ3v) is 3.10. The number of hydrogen-bond donors (Lipinski definition) is 1. The molecule has 2 aromatic rings. The van der Waals surface area contributed by atoms with Crippen LogP contribution in [0, 0.1) is 13.8 Å². The Kier molecular flexibility index (Phi) is 2.70. The van der Waals surface area contributed by atoms with Crippen LogP contribution in [0.4, 0.5) is 0 Å². The van der Waals surface area contributed by atoms with Gasteiger partial charge in [-0.15, -0.1) is 11.3 Å². The van der Waals surface area contributed by atoms with Gasteiger partial charge in [-0.3, -0.25) is 4.98 Å². The molecule has 4 nitrogen and oxygen atoms in total. The molecule has 0 aliphatic rings. The Balaban J connectivity index is 2.49. The van der Waals surface area contributed by atoms with Crippen LogP contribution in [0.5, 0.6) is 0 Å². The van der Waals surface area contributed by atoms with E-state index in [9.17, 15) is 4.79 Å². The normalized spacial score (nSPS) is 10.4. The van der Waals surface area contributed by atoms with E-state index in [1.54, 1.807) is 6.92 Å². The minimum Gasteiger partial charge on any atom is -0.476 e. The van der Waals surface area contributed by atoms with E-state index in [2.05, 4.69) is 9.97 Å². The quantitative estimate of drug-likeness (QED) is 0.867. The molecule has 82 valence electrons. The minimum absolute atomic E-state index is 0.114. The van der Waals surface area contributed by atoms with E-state index in [-0.39, 0.29) is 5.69 Å². The molecule has 0 amide bonds. The fourth-order valence-corrected chi connectivity index (χ4v) is 2.24. The summed E-state index contributed by atoms with van der Waals surface area (Å²) in [6.45, 7) is 3.64. The number of aromatic nitrogens is 2. The highest BCUT2D eigenvalue weighted by Crippen LogP contribution is 2.26. The van der Waals surface area contributed by atoms with Gasteiger partial charge in [-0.2, -0.15) is 0 Å². The predicted molar refractivity (Wildman–Crippen MR) is 61.8 cm³/mol. The zero-order valence-corrected chi connectivity index (χ0v) is 9.71. The molecule has 0 fully saturated rings. The molecule has 0 aliphatic heterocycles. The molecular weight excluding hydrogens is 224 g/mol. The number of aryl methyl sites for hydroxylation is 2. The summed E-state index contributed by atoms with van der Waals surface area (Å²) in [5, 5.41) is 9.56. The topological polar surface area (TPSA) is 63.1 Å². The first-order valence-corrected chi connectivity index (χ1v) is 5.54. The Labute approximate surface area is 96.6 Å². The lowest BCUT2D eigenvalue weighted by atomic mass is 10.3. The van der Waals surface area contributed by atoms with Crippen molar-refractivity contribution in [2.75, 3.05) is 0 Å². The maximum Gasteiger partial charge on any atom is 0.355 e. The smallest absolute Gasteiger partial charge is 0.355 e. The molecule has 2 aromatic heterocycles. The molecule has 0 unspecified atom stereocenters. The molecule has 1 N–H and O–H groups in total. The number of rotatable bonds is 2. The minimum atomic E-state index is -0.993. The maximum absolute atomic E-state index is 10.9. The fraction of sp³-hybridized carbons (Fsp3) is 0.182. The highest BCUT2D eigenvalue weighted by Gasteiger charge is 2.15. The Morgan fingerprint density at radius 2 is 2.06 bits per heavy atom. The van der Waals surface area contributed by atoms with Crippen LogP contribution in [0.25, 0.3) is 10.7 Å². The van der Waals surface area contributed by atoms with Gasteiger partial charge in [0.15, 0.2) is 5.69 Å². The van der Waals surface area contributed by atoms with E-state index in [1.807, 2.05) is 25.1 Å². The van der Waals surface area contributed by atoms with Crippen LogP contribution < -0.4 is 0 Å². The number of carboxylic acid groups (broad SMARTS) is 1. The van der Waals surface area contributed by atoms with Crippen LogP contribution >= 0.6 is 11.3 Å². The zero-order chi connectivity index (χ0) is 11.7. The summed E-state index contributed by atoms with van der Waals surface area (Å²) in [6.07, 6.45) is 0. The van der Waals surface area contributed by atoms with Gasteiger partial charge in [0.25, 0.3) is 0 Å². The zero-order valence-electron chi connectivity index (χ0n) is 8.89. The molecule has 0 atom stereocenters. The van der Waals surface area contributed by atoms with Crippen molar-refractivity contribution in [2.45, 2.75) is 13.8 Å². The van der Waals surface area contributed by atoms with Crippen molar-refractivity contribution in [2.24, 2.45) is 0 Å². The maximum atomic E-state index is 10.9. The Morgan fingerprint density at radius 3 is 2.62 bits per heavy atom. The molecule has 0 bridgehead atoms. The number of hydrogen-bond acceptors (Lipinski definition) is 4. The Hall–Kier alpha value is -1.75. The van der Waals surface area contributed by atoms with Crippen LogP contribution in [0.1, 0.15) is 21.1 Å². The van der Waals surface area contributed by atoms with Crippen molar-refractivity contribution >= 4 is 17.3 Å². The molecule has 0 saturated carbocycles. The van der Waals surface area contributed by atoms with Crippen molar-refractivity contribution in [1.29, 1.82) is 0 Å². The van der Waals surface area contributed by atoms with Crippen molar-refractivity contribution in [3.05, 3.63) is 34.5 Å². The van der Waals surface area contributed by atoms with Crippen molar-refractivity contribution in [3.8, 4) is 10.7 Å². The van der Waals surface area contributed by atoms with E-state index in [0.29, 0.717) is 9.88 Å². The molecule has 0 saturated heterocycles. The first-order valence-electron chi connectivity index (χ1n) is 4.72. The summed E-state index contributed by atoms with van der Waals surface area (Å²) in [5.74, 6) is -0.993. The molecule has 2 heterocycles. The predicted octanol–water partition coefficient (Wildman–Crippen LogP) is 2.52. The van der Waals surface area contributed by atoms with Gasteiger partial charge in [-0.1, -0.05) is 6.07 Å².